The molecule has 3 rings (SSSR count). The van der Waals surface area contributed by atoms with Gasteiger partial charge in [-0.2, -0.15) is 0 Å². The second kappa shape index (κ2) is 6.08. The molecule has 0 aromatic heterocycles. The minimum atomic E-state index is -0.376. The molecular formula is C15H15FN2O3S. The van der Waals surface area contributed by atoms with Crippen LogP contribution in [-0.4, -0.2) is 51.7 Å². The number of halogens is 1. The molecule has 3 amide bonds. The molecule has 2 fully saturated rings. The largest absolute Gasteiger partial charge is 0.338 e. The number of carbonyl (C=O) groups is 3. The average Bonchev–Trinajstić information content (AvgIpc) is 2.86. The Morgan fingerprint density at radius 2 is 1.77 bits per heavy atom. The van der Waals surface area contributed by atoms with Crippen molar-refractivity contribution >= 4 is 28.8 Å². The molecule has 2 aliphatic heterocycles. The van der Waals surface area contributed by atoms with E-state index < -0.39 is 0 Å². The van der Waals surface area contributed by atoms with Crippen LogP contribution in [-0.2, 0) is 4.79 Å². The van der Waals surface area contributed by atoms with Crippen LogP contribution in [0.2, 0.25) is 0 Å². The summed E-state index contributed by atoms with van der Waals surface area (Å²) >= 11 is 1.03. The SMILES string of the molecule is O=C(c1ccc(F)cc1)N1CCC(N2C(=O)CSC2=O)CC1. The van der Waals surface area contributed by atoms with Gasteiger partial charge < -0.3 is 4.90 Å². The molecule has 0 atom stereocenters. The van der Waals surface area contributed by atoms with E-state index in [0.717, 1.165) is 11.8 Å². The second-order valence-electron chi connectivity index (χ2n) is 5.35. The van der Waals surface area contributed by atoms with Crippen molar-refractivity contribution in [2.24, 2.45) is 0 Å². The van der Waals surface area contributed by atoms with Crippen molar-refractivity contribution in [2.45, 2.75) is 18.9 Å². The lowest BCUT2D eigenvalue weighted by atomic mass is 10.0. The molecule has 5 nitrogen and oxygen atoms in total. The molecular weight excluding hydrogens is 307 g/mol. The van der Waals surface area contributed by atoms with Gasteiger partial charge in [-0.15, -0.1) is 0 Å². The lowest BCUT2D eigenvalue weighted by Gasteiger charge is -2.35. The second-order valence-corrected chi connectivity index (χ2v) is 6.28. The van der Waals surface area contributed by atoms with Crippen LogP contribution in [0.3, 0.4) is 0 Å². The Kier molecular flexibility index (Phi) is 4.15. The Morgan fingerprint density at radius 1 is 1.14 bits per heavy atom. The van der Waals surface area contributed by atoms with E-state index in [1.165, 1.54) is 29.2 Å². The van der Waals surface area contributed by atoms with Crippen LogP contribution in [0.4, 0.5) is 9.18 Å². The summed E-state index contributed by atoms with van der Waals surface area (Å²) in [5.74, 6) is -0.447. The number of nitrogens with zero attached hydrogens (tertiary/aromatic N) is 2. The van der Waals surface area contributed by atoms with Gasteiger partial charge in [-0.3, -0.25) is 19.3 Å². The first-order valence-electron chi connectivity index (χ1n) is 7.10. The molecule has 0 saturated carbocycles. The maximum Gasteiger partial charge on any atom is 0.289 e. The minimum Gasteiger partial charge on any atom is -0.338 e. The van der Waals surface area contributed by atoms with E-state index in [-0.39, 0.29) is 34.7 Å². The van der Waals surface area contributed by atoms with Crippen molar-refractivity contribution in [3.05, 3.63) is 35.6 Å². The monoisotopic (exact) mass is 322 g/mol. The Morgan fingerprint density at radius 3 is 2.32 bits per heavy atom. The van der Waals surface area contributed by atoms with Gasteiger partial charge >= 0.3 is 0 Å². The summed E-state index contributed by atoms with van der Waals surface area (Å²) in [6.07, 6.45) is 1.18. The lowest BCUT2D eigenvalue weighted by Crippen LogP contribution is -2.48. The lowest BCUT2D eigenvalue weighted by molar-refractivity contribution is -0.126. The number of benzene rings is 1. The van der Waals surface area contributed by atoms with Crippen molar-refractivity contribution in [1.82, 2.24) is 9.80 Å². The van der Waals surface area contributed by atoms with Gasteiger partial charge in [0.15, 0.2) is 0 Å². The van der Waals surface area contributed by atoms with Crippen molar-refractivity contribution in [1.29, 1.82) is 0 Å². The smallest absolute Gasteiger partial charge is 0.289 e. The van der Waals surface area contributed by atoms with Crippen LogP contribution in [0.5, 0.6) is 0 Å². The topological polar surface area (TPSA) is 57.7 Å². The third-order valence-electron chi connectivity index (χ3n) is 3.99. The molecule has 0 radical (unpaired) electrons. The van der Waals surface area contributed by atoms with Gasteiger partial charge in [0.2, 0.25) is 5.91 Å². The number of rotatable bonds is 2. The van der Waals surface area contributed by atoms with Gasteiger partial charge in [0, 0.05) is 24.7 Å². The molecule has 22 heavy (non-hydrogen) atoms. The van der Waals surface area contributed by atoms with Crippen LogP contribution in [0.15, 0.2) is 24.3 Å². The molecule has 0 unspecified atom stereocenters. The van der Waals surface area contributed by atoms with Crippen molar-refractivity contribution in [2.75, 3.05) is 18.8 Å². The Balaban J connectivity index is 1.62. The van der Waals surface area contributed by atoms with E-state index in [4.69, 9.17) is 0 Å². The van der Waals surface area contributed by atoms with Gasteiger partial charge in [0.05, 0.1) is 5.75 Å². The van der Waals surface area contributed by atoms with Gasteiger partial charge in [0.25, 0.3) is 11.1 Å². The number of hydrogen-bond acceptors (Lipinski definition) is 4. The summed E-state index contributed by atoms with van der Waals surface area (Å²) in [5, 5.41) is -0.187. The zero-order valence-corrected chi connectivity index (χ0v) is 12.6. The predicted molar refractivity (Wildman–Crippen MR) is 80.0 cm³/mol. The van der Waals surface area contributed by atoms with E-state index in [2.05, 4.69) is 0 Å². The fraction of sp³-hybridized carbons (Fsp3) is 0.400. The van der Waals surface area contributed by atoms with Crippen LogP contribution in [0.1, 0.15) is 23.2 Å². The average molecular weight is 322 g/mol. The Bertz CT molecular complexity index is 596. The quantitative estimate of drug-likeness (QED) is 0.837. The van der Waals surface area contributed by atoms with Gasteiger partial charge in [-0.1, -0.05) is 11.8 Å². The standard InChI is InChI=1S/C15H15FN2O3S/c16-11-3-1-10(2-4-11)14(20)17-7-5-12(6-8-17)18-13(19)9-22-15(18)21/h1-4,12H,5-9H2. The number of carbonyl (C=O) groups excluding carboxylic acids is 3. The maximum atomic E-state index is 12.9. The molecule has 0 spiro atoms. The van der Waals surface area contributed by atoms with E-state index in [1.807, 2.05) is 0 Å². The molecule has 7 heteroatoms. The fourth-order valence-corrected chi connectivity index (χ4v) is 3.60. The first-order valence-corrected chi connectivity index (χ1v) is 8.08. The summed E-state index contributed by atoms with van der Waals surface area (Å²) in [6.45, 7) is 0.977. The molecule has 1 aromatic carbocycles. The third-order valence-corrected chi connectivity index (χ3v) is 4.83. The number of likely N-dealkylation sites (tertiary alicyclic amines) is 1. The van der Waals surface area contributed by atoms with Crippen molar-refractivity contribution in [3.8, 4) is 0 Å². The highest BCUT2D eigenvalue weighted by Gasteiger charge is 2.37. The van der Waals surface area contributed by atoms with Crippen molar-refractivity contribution in [3.63, 3.8) is 0 Å². The molecule has 0 N–H and O–H groups in total. The number of imide groups is 1. The number of amides is 3. The molecule has 2 saturated heterocycles. The van der Waals surface area contributed by atoms with Crippen LogP contribution < -0.4 is 0 Å². The number of hydrogen-bond donors (Lipinski definition) is 0. The molecule has 0 aliphatic carbocycles. The zero-order chi connectivity index (χ0) is 15.7. The first-order chi connectivity index (χ1) is 10.6. The van der Waals surface area contributed by atoms with Gasteiger partial charge in [-0.05, 0) is 37.1 Å². The van der Waals surface area contributed by atoms with E-state index >= 15 is 0 Å². The maximum absolute atomic E-state index is 12.9. The number of piperidine rings is 1. The predicted octanol–water partition coefficient (Wildman–Crippen LogP) is 2.13. The highest BCUT2D eigenvalue weighted by atomic mass is 32.2. The molecule has 1 aromatic rings. The summed E-state index contributed by atoms with van der Waals surface area (Å²) in [6, 6.07) is 5.34. The fourth-order valence-electron chi connectivity index (χ4n) is 2.82. The summed E-state index contributed by atoms with van der Waals surface area (Å²) in [5.41, 5.74) is 0.448. The highest BCUT2D eigenvalue weighted by Crippen LogP contribution is 2.27. The van der Waals surface area contributed by atoms with Gasteiger partial charge in [0.1, 0.15) is 5.82 Å². The van der Waals surface area contributed by atoms with Crippen LogP contribution in [0.25, 0.3) is 0 Å². The first kappa shape index (κ1) is 15.0. The van der Waals surface area contributed by atoms with Crippen LogP contribution >= 0.6 is 11.8 Å². The highest BCUT2D eigenvalue weighted by molar-refractivity contribution is 8.14. The third kappa shape index (κ3) is 2.85. The zero-order valence-electron chi connectivity index (χ0n) is 11.8. The Labute approximate surface area is 131 Å². The molecule has 2 aliphatic rings. The minimum absolute atomic E-state index is 0.118. The summed E-state index contributed by atoms with van der Waals surface area (Å²) in [7, 11) is 0. The number of thioether (sulfide) groups is 1. The van der Waals surface area contributed by atoms with E-state index in [0.29, 0.717) is 31.5 Å². The normalized spacial score (nSPS) is 19.9. The summed E-state index contributed by atoms with van der Waals surface area (Å²) < 4.78 is 12.9. The van der Waals surface area contributed by atoms with Gasteiger partial charge in [-0.25, -0.2) is 4.39 Å². The van der Waals surface area contributed by atoms with Crippen LogP contribution in [0, 0.1) is 5.82 Å². The van der Waals surface area contributed by atoms with E-state index in [1.54, 1.807) is 4.90 Å². The molecule has 116 valence electrons. The van der Waals surface area contributed by atoms with E-state index in [9.17, 15) is 18.8 Å². The van der Waals surface area contributed by atoms with Crippen molar-refractivity contribution < 1.29 is 18.8 Å². The molecule has 2 heterocycles. The Hall–Kier alpha value is -1.89. The molecule has 0 bridgehead atoms. The summed E-state index contributed by atoms with van der Waals surface area (Å²) in [4.78, 5) is 38.8.